The monoisotopic (exact) mass is 337 g/mol. The first kappa shape index (κ1) is 15.9. The number of thiocarbonyl (C=S) groups is 1. The molecule has 2 aromatic carbocycles. The van der Waals surface area contributed by atoms with E-state index in [9.17, 15) is 4.79 Å². The van der Waals surface area contributed by atoms with Gasteiger partial charge in [0.15, 0.2) is 5.11 Å². The minimum absolute atomic E-state index is 0.198. The number of pyridine rings is 1. The average molecular weight is 337 g/mol. The molecule has 0 aliphatic rings. The van der Waals surface area contributed by atoms with E-state index in [1.807, 2.05) is 30.3 Å². The molecule has 1 amide bonds. The zero-order chi connectivity index (χ0) is 16.9. The van der Waals surface area contributed by atoms with Crippen LogP contribution in [0.4, 0.5) is 5.69 Å². The molecule has 6 heteroatoms. The largest absolute Gasteiger partial charge is 0.496 e. The van der Waals surface area contributed by atoms with E-state index in [4.69, 9.17) is 17.0 Å². The molecule has 1 heterocycles. The normalized spacial score (nSPS) is 10.2. The molecular formula is C18H15N3O2S. The summed E-state index contributed by atoms with van der Waals surface area (Å²) in [6, 6.07) is 16.5. The van der Waals surface area contributed by atoms with Gasteiger partial charge in [-0.3, -0.25) is 15.1 Å². The number of anilines is 1. The van der Waals surface area contributed by atoms with Crippen LogP contribution in [0.2, 0.25) is 0 Å². The van der Waals surface area contributed by atoms with Gasteiger partial charge in [0.1, 0.15) is 5.75 Å². The van der Waals surface area contributed by atoms with Gasteiger partial charge in [0.2, 0.25) is 0 Å². The van der Waals surface area contributed by atoms with E-state index >= 15 is 0 Å². The molecule has 0 aliphatic carbocycles. The molecule has 0 aliphatic heterocycles. The third-order valence-electron chi connectivity index (χ3n) is 3.46. The zero-order valence-corrected chi connectivity index (χ0v) is 13.8. The quantitative estimate of drug-likeness (QED) is 0.718. The molecule has 24 heavy (non-hydrogen) atoms. The van der Waals surface area contributed by atoms with Crippen molar-refractivity contribution in [2.75, 3.05) is 12.4 Å². The van der Waals surface area contributed by atoms with Gasteiger partial charge in [0, 0.05) is 11.6 Å². The number of carbonyl (C=O) groups excluding carboxylic acids is 1. The minimum atomic E-state index is -0.335. The molecular weight excluding hydrogens is 322 g/mol. The standard InChI is InChI=1S/C18H15N3O2S/c1-23-15-10-3-2-8-13(15)17(22)21-18(24)20-14-9-4-6-12-7-5-11-19-16(12)14/h2-11H,1H3,(H2,20,21,22,24). The number of nitrogens with one attached hydrogen (secondary N) is 2. The predicted octanol–water partition coefficient (Wildman–Crippen LogP) is 3.37. The van der Waals surface area contributed by atoms with Gasteiger partial charge in [-0.25, -0.2) is 0 Å². The summed E-state index contributed by atoms with van der Waals surface area (Å²) >= 11 is 5.24. The summed E-state index contributed by atoms with van der Waals surface area (Å²) in [4.78, 5) is 16.7. The number of rotatable bonds is 3. The van der Waals surface area contributed by atoms with Crippen molar-refractivity contribution in [1.29, 1.82) is 0 Å². The molecule has 0 fully saturated rings. The number of benzene rings is 2. The number of carbonyl (C=O) groups is 1. The summed E-state index contributed by atoms with van der Waals surface area (Å²) < 4.78 is 5.19. The molecule has 1 aromatic heterocycles. The van der Waals surface area contributed by atoms with Gasteiger partial charge < -0.3 is 10.1 Å². The van der Waals surface area contributed by atoms with E-state index in [1.54, 1.807) is 30.5 Å². The maximum absolute atomic E-state index is 12.4. The summed E-state index contributed by atoms with van der Waals surface area (Å²) in [7, 11) is 1.52. The molecule has 3 aromatic rings. The Hall–Kier alpha value is -2.99. The highest BCUT2D eigenvalue weighted by Crippen LogP contribution is 2.21. The highest BCUT2D eigenvalue weighted by atomic mass is 32.1. The SMILES string of the molecule is COc1ccccc1C(=O)NC(=S)Nc1cccc2cccnc12. The molecule has 0 saturated carbocycles. The van der Waals surface area contributed by atoms with Crippen LogP contribution in [-0.2, 0) is 0 Å². The molecule has 3 rings (SSSR count). The average Bonchev–Trinajstić information content (AvgIpc) is 2.62. The Bertz CT molecular complexity index is 906. The molecule has 0 radical (unpaired) electrons. The maximum atomic E-state index is 12.4. The van der Waals surface area contributed by atoms with Crippen molar-refractivity contribution >= 4 is 39.8 Å². The Morgan fingerprint density at radius 2 is 1.88 bits per heavy atom. The molecule has 0 atom stereocenters. The number of fused-ring (bicyclic) bond motifs is 1. The summed E-state index contributed by atoms with van der Waals surface area (Å²) in [6.45, 7) is 0. The molecule has 120 valence electrons. The lowest BCUT2D eigenvalue weighted by atomic mass is 10.2. The van der Waals surface area contributed by atoms with Crippen LogP contribution in [-0.4, -0.2) is 23.1 Å². The van der Waals surface area contributed by atoms with Crippen molar-refractivity contribution in [3.05, 3.63) is 66.4 Å². The molecule has 0 unspecified atom stereocenters. The van der Waals surface area contributed by atoms with E-state index < -0.39 is 0 Å². The van der Waals surface area contributed by atoms with Crippen LogP contribution < -0.4 is 15.4 Å². The van der Waals surface area contributed by atoms with E-state index in [-0.39, 0.29) is 11.0 Å². The fraction of sp³-hybridized carbons (Fsp3) is 0.0556. The summed E-state index contributed by atoms with van der Waals surface area (Å²) in [5.41, 5.74) is 1.94. The van der Waals surface area contributed by atoms with Crippen LogP contribution in [0.5, 0.6) is 5.75 Å². The fourth-order valence-electron chi connectivity index (χ4n) is 2.36. The van der Waals surface area contributed by atoms with Gasteiger partial charge in [-0.05, 0) is 36.5 Å². The second kappa shape index (κ2) is 7.06. The Morgan fingerprint density at radius 3 is 2.71 bits per heavy atom. The van der Waals surface area contributed by atoms with Crippen molar-refractivity contribution in [3.63, 3.8) is 0 Å². The zero-order valence-electron chi connectivity index (χ0n) is 12.9. The second-order valence-electron chi connectivity index (χ2n) is 4.99. The number of methoxy groups -OCH3 is 1. The summed E-state index contributed by atoms with van der Waals surface area (Å²) in [5, 5.41) is 6.86. The molecule has 0 saturated heterocycles. The van der Waals surface area contributed by atoms with Gasteiger partial charge in [0.05, 0.1) is 23.9 Å². The van der Waals surface area contributed by atoms with Gasteiger partial charge in [-0.2, -0.15) is 0 Å². The number of amides is 1. The van der Waals surface area contributed by atoms with Crippen LogP contribution in [0, 0.1) is 0 Å². The first-order chi connectivity index (χ1) is 11.7. The lowest BCUT2D eigenvalue weighted by Crippen LogP contribution is -2.34. The number of hydrogen-bond donors (Lipinski definition) is 2. The molecule has 0 spiro atoms. The van der Waals surface area contributed by atoms with Crippen molar-refractivity contribution in [1.82, 2.24) is 10.3 Å². The lowest BCUT2D eigenvalue weighted by Gasteiger charge is -2.12. The number of nitrogens with zero attached hydrogens (tertiary/aromatic N) is 1. The number of hydrogen-bond acceptors (Lipinski definition) is 4. The van der Waals surface area contributed by atoms with E-state index in [1.165, 1.54) is 7.11 Å². The minimum Gasteiger partial charge on any atom is -0.496 e. The first-order valence-electron chi connectivity index (χ1n) is 7.28. The van der Waals surface area contributed by atoms with Crippen LogP contribution >= 0.6 is 12.2 Å². The van der Waals surface area contributed by atoms with Crippen molar-refractivity contribution in [3.8, 4) is 5.75 Å². The topological polar surface area (TPSA) is 63.2 Å². The Kier molecular flexibility index (Phi) is 4.67. The Morgan fingerprint density at radius 1 is 1.08 bits per heavy atom. The third-order valence-corrected chi connectivity index (χ3v) is 3.66. The van der Waals surface area contributed by atoms with Crippen LogP contribution in [0.25, 0.3) is 10.9 Å². The van der Waals surface area contributed by atoms with Gasteiger partial charge in [-0.1, -0.05) is 30.3 Å². The van der Waals surface area contributed by atoms with Crippen molar-refractivity contribution in [2.24, 2.45) is 0 Å². The maximum Gasteiger partial charge on any atom is 0.261 e. The number of aromatic nitrogens is 1. The Balaban J connectivity index is 1.77. The van der Waals surface area contributed by atoms with E-state index in [2.05, 4.69) is 15.6 Å². The van der Waals surface area contributed by atoms with Gasteiger partial charge in [-0.15, -0.1) is 0 Å². The number of ether oxygens (including phenoxy) is 1. The molecule has 5 nitrogen and oxygen atoms in total. The van der Waals surface area contributed by atoms with Crippen molar-refractivity contribution < 1.29 is 9.53 Å². The molecule has 0 bridgehead atoms. The fourth-order valence-corrected chi connectivity index (χ4v) is 2.56. The van der Waals surface area contributed by atoms with Gasteiger partial charge in [0.25, 0.3) is 5.91 Å². The summed E-state index contributed by atoms with van der Waals surface area (Å²) in [5.74, 6) is 0.155. The third kappa shape index (κ3) is 3.33. The Labute approximate surface area is 144 Å². The lowest BCUT2D eigenvalue weighted by molar-refractivity contribution is 0.0975. The highest BCUT2D eigenvalue weighted by molar-refractivity contribution is 7.80. The summed E-state index contributed by atoms with van der Waals surface area (Å²) in [6.07, 6.45) is 1.71. The van der Waals surface area contributed by atoms with Gasteiger partial charge >= 0.3 is 0 Å². The molecule has 2 N–H and O–H groups in total. The van der Waals surface area contributed by atoms with Crippen LogP contribution in [0.3, 0.4) is 0 Å². The van der Waals surface area contributed by atoms with Crippen LogP contribution in [0.1, 0.15) is 10.4 Å². The number of para-hydroxylation sites is 2. The van der Waals surface area contributed by atoms with E-state index in [0.717, 1.165) is 16.6 Å². The van der Waals surface area contributed by atoms with E-state index in [0.29, 0.717) is 11.3 Å². The highest BCUT2D eigenvalue weighted by Gasteiger charge is 2.13. The second-order valence-corrected chi connectivity index (χ2v) is 5.40. The predicted molar refractivity (Wildman–Crippen MR) is 98.4 cm³/mol. The van der Waals surface area contributed by atoms with Crippen LogP contribution in [0.15, 0.2) is 60.8 Å². The smallest absolute Gasteiger partial charge is 0.261 e. The first-order valence-corrected chi connectivity index (χ1v) is 7.69. The van der Waals surface area contributed by atoms with Crippen molar-refractivity contribution in [2.45, 2.75) is 0 Å².